The first-order chi connectivity index (χ1) is 4.45. The van der Waals surface area contributed by atoms with E-state index < -0.39 is 19.0 Å². The van der Waals surface area contributed by atoms with E-state index in [9.17, 15) is 13.2 Å². The van der Waals surface area contributed by atoms with Gasteiger partial charge in [0, 0.05) is 6.04 Å². The maximum absolute atomic E-state index is 11.3. The van der Waals surface area contributed by atoms with Gasteiger partial charge in [0.15, 0.2) is 0 Å². The molecule has 0 fully saturated rings. The van der Waals surface area contributed by atoms with Crippen LogP contribution in [0.2, 0.25) is 0 Å². The molecule has 0 amide bonds. The molecule has 0 aromatic rings. The fourth-order valence-corrected chi connectivity index (χ4v) is 0.319. The monoisotopic (exact) mass is 193 g/mol. The summed E-state index contributed by atoms with van der Waals surface area (Å²) in [4.78, 5) is 0. The molecule has 70 valence electrons. The fraction of sp³-hybridized carbons (Fsp3) is 1.00. The second-order valence-corrected chi connectivity index (χ2v) is 1.93. The molecule has 0 bridgehead atoms. The van der Waals surface area contributed by atoms with Crippen LogP contribution in [0, 0.1) is 0 Å². The number of ether oxygens (including phenoxy) is 1. The zero-order valence-electron chi connectivity index (χ0n) is 6.02. The van der Waals surface area contributed by atoms with Gasteiger partial charge in [-0.15, -0.1) is 25.6 Å². The molecule has 0 aromatic heterocycles. The Morgan fingerprint density at radius 1 is 1.45 bits per heavy atom. The van der Waals surface area contributed by atoms with Gasteiger partial charge in [0.1, 0.15) is 0 Å². The van der Waals surface area contributed by atoms with Crippen molar-refractivity contribution in [2.75, 3.05) is 6.61 Å². The minimum Gasteiger partial charge on any atom is -0.326 e. The highest BCUT2D eigenvalue weighted by Gasteiger charge is 2.29. The van der Waals surface area contributed by atoms with Crippen LogP contribution >= 0.6 is 12.4 Å². The second kappa shape index (κ2) is 5.62. The smallest absolute Gasteiger partial charge is 0.326 e. The van der Waals surface area contributed by atoms with E-state index in [4.69, 9.17) is 5.73 Å². The van der Waals surface area contributed by atoms with Crippen LogP contribution in [0.5, 0.6) is 0 Å². The highest BCUT2D eigenvalue weighted by Crippen LogP contribution is 2.16. The third-order valence-electron chi connectivity index (χ3n) is 0.985. The lowest BCUT2D eigenvalue weighted by Crippen LogP contribution is -2.29. The van der Waals surface area contributed by atoms with Crippen LogP contribution in [0.25, 0.3) is 0 Å². The molecule has 0 saturated heterocycles. The van der Waals surface area contributed by atoms with Crippen molar-refractivity contribution in [3.8, 4) is 0 Å². The van der Waals surface area contributed by atoms with Gasteiger partial charge in [0.2, 0.25) is 0 Å². The molecule has 2 N–H and O–H groups in total. The van der Waals surface area contributed by atoms with Crippen LogP contribution in [-0.2, 0) is 4.74 Å². The van der Waals surface area contributed by atoms with Gasteiger partial charge in [-0.2, -0.15) is 0 Å². The van der Waals surface area contributed by atoms with Crippen LogP contribution in [0.3, 0.4) is 0 Å². The molecule has 0 aliphatic heterocycles. The first-order valence-electron chi connectivity index (χ1n) is 2.92. The normalized spacial score (nSPS) is 13.9. The second-order valence-electron chi connectivity index (χ2n) is 1.93. The molecule has 1 unspecified atom stereocenters. The van der Waals surface area contributed by atoms with Gasteiger partial charge in [-0.3, -0.25) is 4.74 Å². The SMILES string of the molecule is CCC(N)COC(F)(F)F.Cl. The van der Waals surface area contributed by atoms with E-state index >= 15 is 0 Å². The molecule has 0 rings (SSSR count). The molecule has 6 heteroatoms. The Balaban J connectivity index is 0. The van der Waals surface area contributed by atoms with Crippen LogP contribution in [0.15, 0.2) is 0 Å². The van der Waals surface area contributed by atoms with Crippen molar-refractivity contribution in [3.05, 3.63) is 0 Å². The summed E-state index contributed by atoms with van der Waals surface area (Å²) < 4.78 is 37.3. The zero-order chi connectivity index (χ0) is 8.20. The Morgan fingerprint density at radius 2 is 1.91 bits per heavy atom. The average Bonchev–Trinajstić information content (AvgIpc) is 1.81. The van der Waals surface area contributed by atoms with Crippen molar-refractivity contribution >= 4 is 12.4 Å². The Bertz CT molecular complexity index is 98.2. The Kier molecular flexibility index (Phi) is 6.94. The van der Waals surface area contributed by atoms with E-state index in [2.05, 4.69) is 4.74 Å². The Labute approximate surface area is 69.3 Å². The summed E-state index contributed by atoms with van der Waals surface area (Å²) in [6.45, 7) is 1.24. The topological polar surface area (TPSA) is 35.2 Å². The first-order valence-corrected chi connectivity index (χ1v) is 2.92. The molecule has 0 aliphatic carbocycles. The number of hydrogen-bond donors (Lipinski definition) is 1. The number of hydrogen-bond acceptors (Lipinski definition) is 2. The molecule has 1 atom stereocenters. The zero-order valence-corrected chi connectivity index (χ0v) is 6.84. The largest absolute Gasteiger partial charge is 0.522 e. The first kappa shape index (κ1) is 13.6. The minimum atomic E-state index is -4.55. The lowest BCUT2D eigenvalue weighted by Gasteiger charge is -2.10. The molecule has 0 aliphatic rings. The van der Waals surface area contributed by atoms with Crippen molar-refractivity contribution < 1.29 is 17.9 Å². The molecule has 0 heterocycles. The van der Waals surface area contributed by atoms with Crippen LogP contribution in [-0.4, -0.2) is 19.0 Å². The molecule has 11 heavy (non-hydrogen) atoms. The standard InChI is InChI=1S/C5H10F3NO.ClH/c1-2-4(9)3-10-5(6,7)8;/h4H,2-3,9H2,1H3;1H. The third-order valence-corrected chi connectivity index (χ3v) is 0.985. The minimum absolute atomic E-state index is 0. The highest BCUT2D eigenvalue weighted by molar-refractivity contribution is 5.85. The van der Waals surface area contributed by atoms with E-state index in [0.29, 0.717) is 6.42 Å². The van der Waals surface area contributed by atoms with Gasteiger partial charge < -0.3 is 5.73 Å². The van der Waals surface area contributed by atoms with Crippen molar-refractivity contribution in [3.63, 3.8) is 0 Å². The van der Waals surface area contributed by atoms with Crippen LogP contribution in [0.4, 0.5) is 13.2 Å². The molecule has 0 radical (unpaired) electrons. The predicted molar refractivity (Wildman–Crippen MR) is 37.5 cm³/mol. The van der Waals surface area contributed by atoms with E-state index in [0.717, 1.165) is 0 Å². The van der Waals surface area contributed by atoms with Crippen LogP contribution in [0.1, 0.15) is 13.3 Å². The summed E-state index contributed by atoms with van der Waals surface area (Å²) in [6, 6.07) is -0.526. The van der Waals surface area contributed by atoms with Gasteiger partial charge in [0.05, 0.1) is 6.61 Å². The number of halogens is 4. The summed E-state index contributed by atoms with van der Waals surface area (Å²) in [6.07, 6.45) is -4.07. The summed E-state index contributed by atoms with van der Waals surface area (Å²) >= 11 is 0. The van der Waals surface area contributed by atoms with Gasteiger partial charge in [-0.05, 0) is 6.42 Å². The van der Waals surface area contributed by atoms with Gasteiger partial charge in [0.25, 0.3) is 0 Å². The number of rotatable bonds is 3. The van der Waals surface area contributed by atoms with Gasteiger partial charge in [-0.25, -0.2) is 0 Å². The van der Waals surface area contributed by atoms with Crippen molar-refractivity contribution in [2.24, 2.45) is 5.73 Å². The molecule has 0 aromatic carbocycles. The van der Waals surface area contributed by atoms with E-state index in [1.165, 1.54) is 0 Å². The average molecular weight is 194 g/mol. The number of nitrogens with two attached hydrogens (primary N) is 1. The highest BCUT2D eigenvalue weighted by atomic mass is 35.5. The fourth-order valence-electron chi connectivity index (χ4n) is 0.319. The lowest BCUT2D eigenvalue weighted by molar-refractivity contribution is -0.325. The third kappa shape index (κ3) is 10.0. The summed E-state index contributed by atoms with van der Waals surface area (Å²) in [5.74, 6) is 0. The number of alkyl halides is 3. The van der Waals surface area contributed by atoms with Gasteiger partial charge in [-0.1, -0.05) is 6.92 Å². The molecular formula is C5H11ClF3NO. The van der Waals surface area contributed by atoms with Crippen LogP contribution < -0.4 is 5.73 Å². The summed E-state index contributed by atoms with van der Waals surface area (Å²) in [7, 11) is 0. The molecule has 0 spiro atoms. The quantitative estimate of drug-likeness (QED) is 0.740. The predicted octanol–water partition coefficient (Wildman–Crippen LogP) is 1.68. The molecule has 2 nitrogen and oxygen atoms in total. The maximum Gasteiger partial charge on any atom is 0.522 e. The molecule has 0 saturated carbocycles. The Morgan fingerprint density at radius 3 is 2.18 bits per heavy atom. The maximum atomic E-state index is 11.3. The Hall–Kier alpha value is -0.0000000000000000555. The van der Waals surface area contributed by atoms with E-state index in [1.54, 1.807) is 6.92 Å². The molecular weight excluding hydrogens is 183 g/mol. The van der Waals surface area contributed by atoms with Gasteiger partial charge >= 0.3 is 6.36 Å². The van der Waals surface area contributed by atoms with E-state index in [1.807, 2.05) is 0 Å². The van der Waals surface area contributed by atoms with E-state index in [-0.39, 0.29) is 12.4 Å². The van der Waals surface area contributed by atoms with Crippen molar-refractivity contribution in [1.29, 1.82) is 0 Å². The summed E-state index contributed by atoms with van der Waals surface area (Å²) in [5, 5.41) is 0. The van der Waals surface area contributed by atoms with Crippen molar-refractivity contribution in [1.82, 2.24) is 0 Å². The van der Waals surface area contributed by atoms with Crippen molar-refractivity contribution in [2.45, 2.75) is 25.7 Å². The lowest BCUT2D eigenvalue weighted by atomic mass is 10.3. The summed E-state index contributed by atoms with van der Waals surface area (Å²) in [5.41, 5.74) is 5.16.